The lowest BCUT2D eigenvalue weighted by Gasteiger charge is -2.01. The van der Waals surface area contributed by atoms with E-state index in [1.165, 1.54) is 18.3 Å². The zero-order chi connectivity index (χ0) is 18.5. The average molecular weight is 434 g/mol. The number of carbonyl (C=O) groups is 1. The first-order chi connectivity index (χ1) is 12.5. The number of halogens is 2. The first kappa shape index (κ1) is 18.2. The first-order valence-electron chi connectivity index (χ1n) is 7.61. The van der Waals surface area contributed by atoms with E-state index in [9.17, 15) is 9.90 Å². The number of hydrogen-bond acceptors (Lipinski definition) is 4. The summed E-state index contributed by atoms with van der Waals surface area (Å²) in [4.78, 5) is 12.2. The Bertz CT molecular complexity index is 937. The Labute approximate surface area is 163 Å². The molecule has 1 heterocycles. The Kier molecular flexibility index (Phi) is 5.70. The minimum absolute atomic E-state index is 0.168. The zero-order valence-corrected chi connectivity index (χ0v) is 15.8. The molecule has 2 aromatic carbocycles. The van der Waals surface area contributed by atoms with Crippen LogP contribution in [-0.4, -0.2) is 27.0 Å². The molecule has 0 radical (unpaired) electrons. The maximum Gasteiger partial charge on any atom is 0.293 e. The lowest BCUT2D eigenvalue weighted by molar-refractivity contribution is 0.0948. The van der Waals surface area contributed by atoms with Crippen molar-refractivity contribution in [3.63, 3.8) is 0 Å². The number of phenolic OH excluding ortho intramolecular Hbond substituents is 1. The molecule has 26 heavy (non-hydrogen) atoms. The highest BCUT2D eigenvalue weighted by Crippen LogP contribution is 2.17. The van der Waals surface area contributed by atoms with Crippen molar-refractivity contribution in [2.24, 2.45) is 5.10 Å². The van der Waals surface area contributed by atoms with Crippen LogP contribution in [0.25, 0.3) is 0 Å². The van der Waals surface area contributed by atoms with E-state index in [1.807, 2.05) is 12.1 Å². The highest BCUT2D eigenvalue weighted by molar-refractivity contribution is 9.10. The van der Waals surface area contributed by atoms with E-state index < -0.39 is 5.91 Å². The van der Waals surface area contributed by atoms with E-state index in [0.29, 0.717) is 16.0 Å². The number of rotatable bonds is 5. The Hall–Kier alpha value is -2.64. The van der Waals surface area contributed by atoms with Gasteiger partial charge in [0.05, 0.1) is 17.2 Å². The Morgan fingerprint density at radius 3 is 2.62 bits per heavy atom. The maximum absolute atomic E-state index is 12.2. The maximum atomic E-state index is 12.2. The van der Waals surface area contributed by atoms with Crippen molar-refractivity contribution >= 4 is 39.7 Å². The lowest BCUT2D eigenvalue weighted by Crippen LogP contribution is -2.19. The number of benzene rings is 2. The summed E-state index contributed by atoms with van der Waals surface area (Å²) in [6.45, 7) is 0.514. The fraction of sp³-hybridized carbons (Fsp3) is 0.0556. The van der Waals surface area contributed by atoms with Crippen molar-refractivity contribution < 1.29 is 9.90 Å². The van der Waals surface area contributed by atoms with Gasteiger partial charge in [-0.2, -0.15) is 10.2 Å². The molecule has 3 aromatic rings. The molecule has 0 bridgehead atoms. The zero-order valence-electron chi connectivity index (χ0n) is 13.4. The van der Waals surface area contributed by atoms with Crippen LogP contribution in [0.1, 0.15) is 21.6 Å². The molecule has 6 nitrogen and oxygen atoms in total. The van der Waals surface area contributed by atoms with Gasteiger partial charge in [-0.1, -0.05) is 23.7 Å². The van der Waals surface area contributed by atoms with Gasteiger partial charge in [-0.05, 0) is 63.5 Å². The second-order valence-corrected chi connectivity index (χ2v) is 6.73. The monoisotopic (exact) mass is 432 g/mol. The number of nitrogens with one attached hydrogen (secondary N) is 1. The van der Waals surface area contributed by atoms with Crippen molar-refractivity contribution in [1.29, 1.82) is 0 Å². The van der Waals surface area contributed by atoms with Crippen LogP contribution < -0.4 is 5.43 Å². The van der Waals surface area contributed by atoms with Gasteiger partial charge in [0.25, 0.3) is 5.91 Å². The molecule has 0 spiro atoms. The summed E-state index contributed by atoms with van der Waals surface area (Å²) in [7, 11) is 0. The molecule has 3 rings (SSSR count). The quantitative estimate of drug-likeness (QED) is 0.474. The number of hydrogen-bond donors (Lipinski definition) is 2. The van der Waals surface area contributed by atoms with Crippen molar-refractivity contribution in [3.05, 3.63) is 81.0 Å². The molecular weight excluding hydrogens is 420 g/mol. The molecule has 0 aliphatic rings. The van der Waals surface area contributed by atoms with Crippen LogP contribution in [-0.2, 0) is 6.54 Å². The molecule has 2 N–H and O–H groups in total. The van der Waals surface area contributed by atoms with Crippen LogP contribution in [0, 0.1) is 0 Å². The molecule has 0 aliphatic heterocycles. The molecule has 8 heteroatoms. The molecule has 0 atom stereocenters. The molecule has 132 valence electrons. The van der Waals surface area contributed by atoms with Crippen molar-refractivity contribution in [2.45, 2.75) is 6.54 Å². The van der Waals surface area contributed by atoms with Gasteiger partial charge >= 0.3 is 0 Å². The lowest BCUT2D eigenvalue weighted by atomic mass is 10.2. The summed E-state index contributed by atoms with van der Waals surface area (Å²) < 4.78 is 2.23. The average Bonchev–Trinajstić information content (AvgIpc) is 2.99. The van der Waals surface area contributed by atoms with Crippen LogP contribution in [0.4, 0.5) is 0 Å². The van der Waals surface area contributed by atoms with Crippen molar-refractivity contribution in [1.82, 2.24) is 15.2 Å². The summed E-state index contributed by atoms with van der Waals surface area (Å²) in [5, 5.41) is 18.1. The van der Waals surface area contributed by atoms with Gasteiger partial charge in [0.2, 0.25) is 0 Å². The van der Waals surface area contributed by atoms with Crippen LogP contribution in [0.15, 0.2) is 64.3 Å². The van der Waals surface area contributed by atoms with Crippen molar-refractivity contribution in [3.8, 4) is 5.75 Å². The van der Waals surface area contributed by atoms with Gasteiger partial charge in [-0.25, -0.2) is 5.43 Å². The third-order valence-corrected chi connectivity index (χ3v) is 4.30. The predicted octanol–water partition coefficient (Wildman–Crippen LogP) is 3.82. The molecule has 0 aliphatic carbocycles. The van der Waals surface area contributed by atoms with Gasteiger partial charge in [-0.15, -0.1) is 0 Å². The molecular formula is C18H14BrClN4O2. The van der Waals surface area contributed by atoms with Gasteiger partial charge in [0, 0.05) is 11.2 Å². The van der Waals surface area contributed by atoms with E-state index in [1.54, 1.807) is 35.1 Å². The molecule has 0 saturated heterocycles. The van der Waals surface area contributed by atoms with E-state index in [4.69, 9.17) is 11.6 Å². The first-order valence-corrected chi connectivity index (χ1v) is 8.78. The van der Waals surface area contributed by atoms with E-state index in [-0.39, 0.29) is 11.4 Å². The van der Waals surface area contributed by atoms with Gasteiger partial charge in [0.15, 0.2) is 5.69 Å². The smallest absolute Gasteiger partial charge is 0.293 e. The minimum atomic E-state index is -0.429. The standard InChI is InChI=1S/C18H14BrClN4O2/c19-16-11-24(10-13-1-5-14(20)6-2-13)23-17(16)18(26)22-21-9-12-3-7-15(25)8-4-12/h1-9,11,25H,10H2,(H,22,26)/b21-9+. The second kappa shape index (κ2) is 8.16. The van der Waals surface area contributed by atoms with Gasteiger partial charge in [-0.3, -0.25) is 9.48 Å². The second-order valence-electron chi connectivity index (χ2n) is 5.44. The highest BCUT2D eigenvalue weighted by atomic mass is 79.9. The largest absolute Gasteiger partial charge is 0.508 e. The number of aromatic hydroxyl groups is 1. The molecule has 0 unspecified atom stereocenters. The topological polar surface area (TPSA) is 79.5 Å². The number of phenols is 1. The van der Waals surface area contributed by atoms with Crippen molar-refractivity contribution in [2.75, 3.05) is 0 Å². The number of aromatic nitrogens is 2. The molecule has 0 fully saturated rings. The number of amides is 1. The number of hydrazone groups is 1. The van der Waals surface area contributed by atoms with Crippen LogP contribution >= 0.6 is 27.5 Å². The molecule has 1 amide bonds. The summed E-state index contributed by atoms with van der Waals surface area (Å²) in [6, 6.07) is 13.9. The fourth-order valence-corrected chi connectivity index (χ4v) is 2.81. The Morgan fingerprint density at radius 2 is 1.92 bits per heavy atom. The minimum Gasteiger partial charge on any atom is -0.508 e. The van der Waals surface area contributed by atoms with E-state index in [2.05, 4.69) is 31.6 Å². The third kappa shape index (κ3) is 4.71. The Morgan fingerprint density at radius 1 is 1.23 bits per heavy atom. The summed E-state index contributed by atoms with van der Waals surface area (Å²) in [5.74, 6) is -0.261. The fourth-order valence-electron chi connectivity index (χ4n) is 2.19. The molecule has 1 aromatic heterocycles. The van der Waals surface area contributed by atoms with E-state index >= 15 is 0 Å². The highest BCUT2D eigenvalue weighted by Gasteiger charge is 2.14. The number of nitrogens with zero attached hydrogens (tertiary/aromatic N) is 3. The summed E-state index contributed by atoms with van der Waals surface area (Å²) in [6.07, 6.45) is 3.21. The van der Waals surface area contributed by atoms with Crippen LogP contribution in [0.2, 0.25) is 5.02 Å². The molecule has 0 saturated carbocycles. The number of carbonyl (C=O) groups excluding carboxylic acids is 1. The summed E-state index contributed by atoms with van der Waals surface area (Å²) in [5.41, 5.74) is 4.43. The third-order valence-electron chi connectivity index (χ3n) is 3.46. The Balaban J connectivity index is 1.65. The van der Waals surface area contributed by atoms with Gasteiger partial charge < -0.3 is 5.11 Å². The predicted molar refractivity (Wildman–Crippen MR) is 104 cm³/mol. The van der Waals surface area contributed by atoms with Crippen LogP contribution in [0.5, 0.6) is 5.75 Å². The van der Waals surface area contributed by atoms with Gasteiger partial charge in [0.1, 0.15) is 5.75 Å². The SMILES string of the molecule is O=C(N/N=C/c1ccc(O)cc1)c1nn(Cc2ccc(Cl)cc2)cc1Br. The normalized spacial score (nSPS) is 11.0. The summed E-state index contributed by atoms with van der Waals surface area (Å²) >= 11 is 9.22. The van der Waals surface area contributed by atoms with Crippen LogP contribution in [0.3, 0.4) is 0 Å². The van der Waals surface area contributed by atoms with E-state index in [0.717, 1.165) is 11.1 Å².